The van der Waals surface area contributed by atoms with E-state index in [0.29, 0.717) is 11.1 Å². The van der Waals surface area contributed by atoms with Crippen LogP contribution in [0.1, 0.15) is 32.1 Å². The van der Waals surface area contributed by atoms with Crippen LogP contribution >= 0.6 is 11.6 Å². The van der Waals surface area contributed by atoms with E-state index in [1.165, 1.54) is 19.3 Å². The van der Waals surface area contributed by atoms with Crippen LogP contribution in [-0.4, -0.2) is 25.4 Å². The van der Waals surface area contributed by atoms with Gasteiger partial charge < -0.3 is 14.8 Å². The Bertz CT molecular complexity index is 459. The van der Waals surface area contributed by atoms with Gasteiger partial charge in [-0.3, -0.25) is 0 Å². The van der Waals surface area contributed by atoms with Gasteiger partial charge in [-0.2, -0.15) is 0 Å². The normalized spacial score (nSPS) is 24.8. The third-order valence-electron chi connectivity index (χ3n) is 4.28. The van der Waals surface area contributed by atoms with E-state index in [1.54, 1.807) is 7.11 Å². The van der Waals surface area contributed by atoms with E-state index in [4.69, 9.17) is 21.1 Å². The molecule has 104 valence electrons. The monoisotopic (exact) mass is 281 g/mol. The molecule has 1 aromatic carbocycles. The van der Waals surface area contributed by atoms with Gasteiger partial charge in [0, 0.05) is 18.3 Å². The second-order valence-corrected chi connectivity index (χ2v) is 5.98. The minimum Gasteiger partial charge on any atom is -0.495 e. The summed E-state index contributed by atoms with van der Waals surface area (Å²) in [5, 5.41) is 4.23. The molecule has 0 aromatic heterocycles. The summed E-state index contributed by atoms with van der Waals surface area (Å²) in [5.74, 6) is 0.717. The average Bonchev–Trinajstić information content (AvgIpc) is 2.37. The van der Waals surface area contributed by atoms with Crippen molar-refractivity contribution in [3.63, 3.8) is 0 Å². The fourth-order valence-electron chi connectivity index (χ4n) is 3.06. The third kappa shape index (κ3) is 2.67. The van der Waals surface area contributed by atoms with E-state index < -0.39 is 0 Å². The van der Waals surface area contributed by atoms with Crippen molar-refractivity contribution >= 4 is 17.3 Å². The molecule has 1 aliphatic heterocycles. The second-order valence-electron chi connectivity index (χ2n) is 5.57. The predicted molar refractivity (Wildman–Crippen MR) is 77.2 cm³/mol. The molecule has 2 fully saturated rings. The topological polar surface area (TPSA) is 30.5 Å². The third-order valence-corrected chi connectivity index (χ3v) is 4.58. The molecular formula is C15H20ClNO2. The molecule has 0 bridgehead atoms. The number of hydrogen-bond acceptors (Lipinski definition) is 3. The van der Waals surface area contributed by atoms with Crippen molar-refractivity contribution in [2.24, 2.45) is 0 Å². The summed E-state index contributed by atoms with van der Waals surface area (Å²) in [6, 6.07) is 6.35. The van der Waals surface area contributed by atoms with Crippen molar-refractivity contribution in [2.75, 3.05) is 19.0 Å². The van der Waals surface area contributed by atoms with Crippen LogP contribution in [0.4, 0.5) is 5.69 Å². The molecule has 19 heavy (non-hydrogen) atoms. The molecule has 3 rings (SSSR count). The number of nitrogens with one attached hydrogen (secondary N) is 1. The Labute approximate surface area is 119 Å². The lowest BCUT2D eigenvalue weighted by atomic mass is 9.74. The number of methoxy groups -OCH3 is 1. The van der Waals surface area contributed by atoms with Crippen LogP contribution in [0.2, 0.25) is 5.02 Å². The van der Waals surface area contributed by atoms with Crippen LogP contribution in [0.15, 0.2) is 18.2 Å². The lowest BCUT2D eigenvalue weighted by Crippen LogP contribution is -2.48. The molecule has 4 heteroatoms. The minimum absolute atomic E-state index is 0.173. The van der Waals surface area contributed by atoms with E-state index in [2.05, 4.69) is 5.32 Å². The van der Waals surface area contributed by atoms with Gasteiger partial charge in [-0.1, -0.05) is 11.6 Å². The van der Waals surface area contributed by atoms with Gasteiger partial charge in [0.1, 0.15) is 5.75 Å². The molecule has 3 nitrogen and oxygen atoms in total. The summed E-state index contributed by atoms with van der Waals surface area (Å²) in [7, 11) is 1.63. The number of hydrogen-bond donors (Lipinski definition) is 1. The molecule has 1 aromatic rings. The zero-order chi connectivity index (χ0) is 13.3. The van der Waals surface area contributed by atoms with Gasteiger partial charge in [0.05, 0.1) is 17.7 Å². The van der Waals surface area contributed by atoms with Crippen molar-refractivity contribution in [1.82, 2.24) is 0 Å². The quantitative estimate of drug-likeness (QED) is 0.912. The van der Waals surface area contributed by atoms with E-state index in [-0.39, 0.29) is 5.60 Å². The van der Waals surface area contributed by atoms with Crippen molar-refractivity contribution in [1.29, 1.82) is 0 Å². The van der Waals surface area contributed by atoms with Gasteiger partial charge in [-0.05, 0) is 50.3 Å². The molecular weight excluding hydrogens is 262 g/mol. The maximum atomic E-state index is 6.15. The number of anilines is 1. The summed E-state index contributed by atoms with van der Waals surface area (Å²) in [4.78, 5) is 0. The van der Waals surface area contributed by atoms with Crippen LogP contribution in [0.5, 0.6) is 5.75 Å². The molecule has 1 saturated heterocycles. The first-order valence-electron chi connectivity index (χ1n) is 6.95. The molecule has 1 saturated carbocycles. The molecule has 0 amide bonds. The first-order chi connectivity index (χ1) is 9.21. The lowest BCUT2D eigenvalue weighted by molar-refractivity contribution is -0.130. The Hall–Kier alpha value is -0.930. The molecule has 0 radical (unpaired) electrons. The van der Waals surface area contributed by atoms with Gasteiger partial charge in [0.25, 0.3) is 0 Å². The Kier molecular flexibility index (Phi) is 3.59. The average molecular weight is 282 g/mol. The highest BCUT2D eigenvalue weighted by Gasteiger charge is 2.42. The minimum atomic E-state index is 0.173. The Morgan fingerprint density at radius 2 is 2.26 bits per heavy atom. The summed E-state index contributed by atoms with van der Waals surface area (Å²) < 4.78 is 11.1. The van der Waals surface area contributed by atoms with Crippen molar-refractivity contribution in [3.8, 4) is 5.75 Å². The SMILES string of the molecule is COc1ccc(NC2CCOC3(CCC3)C2)cc1Cl. The summed E-state index contributed by atoms with van der Waals surface area (Å²) >= 11 is 6.15. The van der Waals surface area contributed by atoms with Gasteiger partial charge in [0.2, 0.25) is 0 Å². The van der Waals surface area contributed by atoms with Crippen LogP contribution in [-0.2, 0) is 4.74 Å². The van der Waals surface area contributed by atoms with Gasteiger partial charge in [-0.15, -0.1) is 0 Å². The second kappa shape index (κ2) is 5.22. The first kappa shape index (κ1) is 13.1. The number of rotatable bonds is 3. The smallest absolute Gasteiger partial charge is 0.137 e. The van der Waals surface area contributed by atoms with Crippen LogP contribution in [0, 0.1) is 0 Å². The van der Waals surface area contributed by atoms with Crippen LogP contribution in [0.3, 0.4) is 0 Å². The van der Waals surface area contributed by atoms with E-state index in [9.17, 15) is 0 Å². The first-order valence-corrected chi connectivity index (χ1v) is 7.33. The van der Waals surface area contributed by atoms with Gasteiger partial charge >= 0.3 is 0 Å². The Balaban J connectivity index is 1.66. The van der Waals surface area contributed by atoms with Crippen LogP contribution < -0.4 is 10.1 Å². The van der Waals surface area contributed by atoms with E-state index in [0.717, 1.165) is 30.9 Å². The largest absolute Gasteiger partial charge is 0.495 e. The van der Waals surface area contributed by atoms with E-state index in [1.807, 2.05) is 18.2 Å². The molecule has 1 unspecified atom stereocenters. The van der Waals surface area contributed by atoms with Crippen molar-refractivity contribution < 1.29 is 9.47 Å². The maximum absolute atomic E-state index is 6.15. The number of benzene rings is 1. The Morgan fingerprint density at radius 1 is 1.42 bits per heavy atom. The van der Waals surface area contributed by atoms with Gasteiger partial charge in [-0.25, -0.2) is 0 Å². The van der Waals surface area contributed by atoms with E-state index >= 15 is 0 Å². The standard InChI is InChI=1S/C15H20ClNO2/c1-18-14-4-3-11(9-13(14)16)17-12-5-8-19-15(10-12)6-2-7-15/h3-4,9,12,17H,2,5-8,10H2,1H3. The molecule has 1 spiro atoms. The zero-order valence-corrected chi connectivity index (χ0v) is 12.0. The molecule has 1 N–H and O–H groups in total. The highest BCUT2D eigenvalue weighted by molar-refractivity contribution is 6.32. The van der Waals surface area contributed by atoms with Crippen molar-refractivity contribution in [3.05, 3.63) is 23.2 Å². The molecule has 1 aliphatic carbocycles. The molecule has 1 heterocycles. The van der Waals surface area contributed by atoms with Crippen LogP contribution in [0.25, 0.3) is 0 Å². The zero-order valence-electron chi connectivity index (χ0n) is 11.2. The molecule has 2 aliphatic rings. The highest BCUT2D eigenvalue weighted by atomic mass is 35.5. The predicted octanol–water partition coefficient (Wildman–Crippen LogP) is 3.86. The maximum Gasteiger partial charge on any atom is 0.137 e. The summed E-state index contributed by atoms with van der Waals surface area (Å²) in [5.41, 5.74) is 1.23. The fourth-order valence-corrected chi connectivity index (χ4v) is 3.32. The highest BCUT2D eigenvalue weighted by Crippen LogP contribution is 2.43. The number of ether oxygens (including phenoxy) is 2. The summed E-state index contributed by atoms with van der Waals surface area (Å²) in [6.07, 6.45) is 5.91. The fraction of sp³-hybridized carbons (Fsp3) is 0.600. The Morgan fingerprint density at radius 3 is 2.89 bits per heavy atom. The van der Waals surface area contributed by atoms with Crippen molar-refractivity contribution in [2.45, 2.75) is 43.7 Å². The molecule has 1 atom stereocenters. The lowest BCUT2D eigenvalue weighted by Gasteiger charge is -2.47. The van der Waals surface area contributed by atoms with Gasteiger partial charge in [0.15, 0.2) is 0 Å². The summed E-state index contributed by atoms with van der Waals surface area (Å²) in [6.45, 7) is 0.863. The number of halogens is 1.